The van der Waals surface area contributed by atoms with Crippen molar-refractivity contribution >= 4 is 5.91 Å². The van der Waals surface area contributed by atoms with Gasteiger partial charge in [0.15, 0.2) is 0 Å². The summed E-state index contributed by atoms with van der Waals surface area (Å²) in [5.74, 6) is 6.40. The van der Waals surface area contributed by atoms with Crippen LogP contribution in [-0.4, -0.2) is 35.4 Å². The van der Waals surface area contributed by atoms with Crippen LogP contribution in [0.15, 0.2) is 18.5 Å². The average molecular weight is 257 g/mol. The monoisotopic (exact) mass is 257 g/mol. The normalized spacial score (nSPS) is 13.6. The molecule has 0 spiro atoms. The number of carbonyl (C=O) groups is 1. The molecule has 4 heteroatoms. The minimum atomic E-state index is 0.0401. The quantitative estimate of drug-likeness (QED) is 0.826. The van der Waals surface area contributed by atoms with E-state index in [0.29, 0.717) is 18.0 Å². The lowest BCUT2D eigenvalue weighted by molar-refractivity contribution is 0.0756. The third-order valence-electron chi connectivity index (χ3n) is 3.16. The van der Waals surface area contributed by atoms with Gasteiger partial charge in [0.25, 0.3) is 5.91 Å². The molecule has 1 aromatic rings. The summed E-state index contributed by atoms with van der Waals surface area (Å²) in [5.41, 5.74) is 6.67. The number of nitrogens with zero attached hydrogens (tertiary/aromatic N) is 2. The zero-order valence-corrected chi connectivity index (χ0v) is 11.2. The maximum Gasteiger partial charge on any atom is 0.255 e. The van der Waals surface area contributed by atoms with Crippen molar-refractivity contribution in [3.05, 3.63) is 29.6 Å². The molecule has 1 aliphatic rings. The molecule has 0 radical (unpaired) electrons. The van der Waals surface area contributed by atoms with Gasteiger partial charge < -0.3 is 10.6 Å². The maximum atomic E-state index is 12.4. The predicted octanol–water partition coefficient (Wildman–Crippen LogP) is 1.26. The number of aromatic nitrogens is 1. The van der Waals surface area contributed by atoms with Crippen LogP contribution in [0, 0.1) is 17.8 Å². The highest BCUT2D eigenvalue weighted by molar-refractivity contribution is 5.94. The van der Waals surface area contributed by atoms with Gasteiger partial charge in [-0.2, -0.15) is 0 Å². The molecular formula is C15H19N3O. The van der Waals surface area contributed by atoms with Crippen LogP contribution < -0.4 is 5.73 Å². The standard InChI is InChI=1S/C15H19N3O/c1-2-18(11-12-5-6-12)15(19)14-8-13(4-3-7-16)9-17-10-14/h8-10,12H,2,5-7,11,16H2,1H3. The summed E-state index contributed by atoms with van der Waals surface area (Å²) in [5, 5.41) is 0. The van der Waals surface area contributed by atoms with Crippen LogP contribution in [0.2, 0.25) is 0 Å². The van der Waals surface area contributed by atoms with E-state index in [1.165, 1.54) is 12.8 Å². The lowest BCUT2D eigenvalue weighted by atomic mass is 10.2. The molecule has 2 N–H and O–H groups in total. The molecule has 0 aromatic carbocycles. The first-order chi connectivity index (χ1) is 9.24. The zero-order valence-electron chi connectivity index (χ0n) is 11.2. The van der Waals surface area contributed by atoms with E-state index in [1.54, 1.807) is 18.5 Å². The Morgan fingerprint density at radius 1 is 1.53 bits per heavy atom. The molecular weight excluding hydrogens is 238 g/mol. The smallest absolute Gasteiger partial charge is 0.255 e. The van der Waals surface area contributed by atoms with Gasteiger partial charge >= 0.3 is 0 Å². The summed E-state index contributed by atoms with van der Waals surface area (Å²) >= 11 is 0. The summed E-state index contributed by atoms with van der Waals surface area (Å²) in [6.07, 6.45) is 5.73. The Balaban J connectivity index is 2.12. The van der Waals surface area contributed by atoms with E-state index >= 15 is 0 Å². The molecule has 100 valence electrons. The fourth-order valence-corrected chi connectivity index (χ4v) is 1.93. The molecule has 1 aromatic heterocycles. The molecule has 1 saturated carbocycles. The Bertz CT molecular complexity index is 512. The van der Waals surface area contributed by atoms with Crippen molar-refractivity contribution in [2.24, 2.45) is 11.7 Å². The van der Waals surface area contributed by atoms with Crippen LogP contribution in [0.5, 0.6) is 0 Å². The Hall–Kier alpha value is -1.86. The van der Waals surface area contributed by atoms with Gasteiger partial charge in [0.2, 0.25) is 0 Å². The van der Waals surface area contributed by atoms with Crippen LogP contribution >= 0.6 is 0 Å². The number of rotatable bonds is 4. The number of carbonyl (C=O) groups excluding carboxylic acids is 1. The van der Waals surface area contributed by atoms with E-state index in [2.05, 4.69) is 16.8 Å². The second-order valence-electron chi connectivity index (χ2n) is 4.76. The number of hydrogen-bond donors (Lipinski definition) is 1. The highest BCUT2D eigenvalue weighted by Crippen LogP contribution is 2.30. The van der Waals surface area contributed by atoms with Crippen molar-refractivity contribution in [2.75, 3.05) is 19.6 Å². The van der Waals surface area contributed by atoms with E-state index in [9.17, 15) is 4.79 Å². The highest BCUT2D eigenvalue weighted by Gasteiger charge is 2.26. The summed E-state index contributed by atoms with van der Waals surface area (Å²) < 4.78 is 0. The maximum absolute atomic E-state index is 12.4. The molecule has 1 aliphatic carbocycles. The van der Waals surface area contributed by atoms with Crippen molar-refractivity contribution in [2.45, 2.75) is 19.8 Å². The van der Waals surface area contributed by atoms with Crippen molar-refractivity contribution in [1.82, 2.24) is 9.88 Å². The third kappa shape index (κ3) is 3.80. The van der Waals surface area contributed by atoms with Crippen molar-refractivity contribution in [3.8, 4) is 11.8 Å². The van der Waals surface area contributed by atoms with Gasteiger partial charge in [0.1, 0.15) is 0 Å². The van der Waals surface area contributed by atoms with Crippen LogP contribution in [-0.2, 0) is 0 Å². The molecule has 4 nitrogen and oxygen atoms in total. The highest BCUT2D eigenvalue weighted by atomic mass is 16.2. The fraction of sp³-hybridized carbons (Fsp3) is 0.467. The van der Waals surface area contributed by atoms with Crippen LogP contribution in [0.25, 0.3) is 0 Å². The third-order valence-corrected chi connectivity index (χ3v) is 3.16. The van der Waals surface area contributed by atoms with Gasteiger partial charge in [-0.25, -0.2) is 0 Å². The van der Waals surface area contributed by atoms with E-state index in [-0.39, 0.29) is 5.91 Å². The van der Waals surface area contributed by atoms with E-state index in [4.69, 9.17) is 5.73 Å². The largest absolute Gasteiger partial charge is 0.339 e. The van der Waals surface area contributed by atoms with Crippen molar-refractivity contribution < 1.29 is 4.79 Å². The van der Waals surface area contributed by atoms with E-state index < -0.39 is 0 Å². The first-order valence-corrected chi connectivity index (χ1v) is 6.67. The Morgan fingerprint density at radius 3 is 2.95 bits per heavy atom. The molecule has 0 saturated heterocycles. The lowest BCUT2D eigenvalue weighted by Gasteiger charge is -2.20. The van der Waals surface area contributed by atoms with Gasteiger partial charge in [-0.05, 0) is 31.7 Å². The molecule has 1 fully saturated rings. The minimum Gasteiger partial charge on any atom is -0.339 e. The fourth-order valence-electron chi connectivity index (χ4n) is 1.93. The topological polar surface area (TPSA) is 59.2 Å². The average Bonchev–Trinajstić information content (AvgIpc) is 3.26. The number of hydrogen-bond acceptors (Lipinski definition) is 3. The van der Waals surface area contributed by atoms with Crippen LogP contribution in [0.1, 0.15) is 35.7 Å². The van der Waals surface area contributed by atoms with Gasteiger partial charge in [0, 0.05) is 31.0 Å². The van der Waals surface area contributed by atoms with Crippen molar-refractivity contribution in [3.63, 3.8) is 0 Å². The lowest BCUT2D eigenvalue weighted by Crippen LogP contribution is -2.32. The Morgan fingerprint density at radius 2 is 2.32 bits per heavy atom. The van der Waals surface area contributed by atoms with Gasteiger partial charge in [-0.15, -0.1) is 0 Å². The summed E-state index contributed by atoms with van der Waals surface area (Å²) in [6, 6.07) is 1.79. The van der Waals surface area contributed by atoms with Crippen molar-refractivity contribution in [1.29, 1.82) is 0 Å². The first-order valence-electron chi connectivity index (χ1n) is 6.67. The molecule has 19 heavy (non-hydrogen) atoms. The molecule has 1 amide bonds. The molecule has 0 aliphatic heterocycles. The van der Waals surface area contributed by atoms with E-state index in [0.717, 1.165) is 18.7 Å². The van der Waals surface area contributed by atoms with Crippen LogP contribution in [0.4, 0.5) is 0 Å². The first kappa shape index (κ1) is 13.6. The van der Waals surface area contributed by atoms with Gasteiger partial charge in [-0.3, -0.25) is 9.78 Å². The number of pyridine rings is 1. The molecule has 0 atom stereocenters. The van der Waals surface area contributed by atoms with Crippen LogP contribution in [0.3, 0.4) is 0 Å². The van der Waals surface area contributed by atoms with Gasteiger partial charge in [0.05, 0.1) is 12.1 Å². The predicted molar refractivity (Wildman–Crippen MR) is 74.5 cm³/mol. The van der Waals surface area contributed by atoms with Gasteiger partial charge in [-0.1, -0.05) is 11.8 Å². The molecule has 0 bridgehead atoms. The van der Waals surface area contributed by atoms with E-state index in [1.807, 2.05) is 11.8 Å². The molecule has 1 heterocycles. The second kappa shape index (κ2) is 6.35. The zero-order chi connectivity index (χ0) is 13.7. The Kier molecular flexibility index (Phi) is 4.53. The number of nitrogens with two attached hydrogens (primary N) is 1. The summed E-state index contributed by atoms with van der Waals surface area (Å²) in [6.45, 7) is 3.90. The minimum absolute atomic E-state index is 0.0401. The second-order valence-corrected chi connectivity index (χ2v) is 4.76. The summed E-state index contributed by atoms with van der Waals surface area (Å²) in [7, 11) is 0. The summed E-state index contributed by atoms with van der Waals surface area (Å²) in [4.78, 5) is 18.3. The SMILES string of the molecule is CCN(CC1CC1)C(=O)c1cncc(C#CCN)c1. The Labute approximate surface area is 114 Å². The molecule has 0 unspecified atom stereocenters. The number of amides is 1. The molecule has 2 rings (SSSR count).